The van der Waals surface area contributed by atoms with Crippen molar-refractivity contribution in [3.05, 3.63) is 28.8 Å². The van der Waals surface area contributed by atoms with Gasteiger partial charge in [0.15, 0.2) is 0 Å². The molecule has 2 N–H and O–H groups in total. The Balaban J connectivity index is 3.23. The van der Waals surface area contributed by atoms with Crippen molar-refractivity contribution in [1.82, 2.24) is 9.62 Å². The van der Waals surface area contributed by atoms with Crippen LogP contribution in [-0.2, 0) is 14.8 Å². The zero-order valence-electron chi connectivity index (χ0n) is 13.2. The summed E-state index contributed by atoms with van der Waals surface area (Å²) in [5, 5.41) is 11.5. The molecule has 1 atom stereocenters. The number of aliphatic carboxylic acids is 1. The van der Waals surface area contributed by atoms with Gasteiger partial charge in [-0.05, 0) is 24.1 Å². The van der Waals surface area contributed by atoms with Crippen molar-refractivity contribution in [2.75, 3.05) is 14.1 Å². The van der Waals surface area contributed by atoms with E-state index < -0.39 is 27.9 Å². The van der Waals surface area contributed by atoms with Crippen molar-refractivity contribution in [3.8, 4) is 0 Å². The molecule has 1 aromatic rings. The third-order valence-corrected chi connectivity index (χ3v) is 5.32. The number of nitrogens with zero attached hydrogens (tertiary/aromatic N) is 1. The number of nitrogens with one attached hydrogen (secondary N) is 1. The number of carbonyl (C=O) groups is 2. The van der Waals surface area contributed by atoms with Crippen LogP contribution in [0.5, 0.6) is 0 Å². The first-order chi connectivity index (χ1) is 10.5. The number of carboxylic acids is 1. The number of benzene rings is 1. The van der Waals surface area contributed by atoms with E-state index in [2.05, 4.69) is 5.32 Å². The number of rotatable bonds is 6. The molecule has 128 valence electrons. The van der Waals surface area contributed by atoms with Crippen LogP contribution in [0.1, 0.15) is 24.2 Å². The second kappa shape index (κ2) is 7.29. The van der Waals surface area contributed by atoms with Crippen molar-refractivity contribution >= 4 is 33.5 Å². The Morgan fingerprint density at radius 3 is 2.26 bits per heavy atom. The van der Waals surface area contributed by atoms with Crippen LogP contribution in [0.15, 0.2) is 23.1 Å². The molecule has 1 rings (SSSR count). The van der Waals surface area contributed by atoms with Gasteiger partial charge in [0.25, 0.3) is 5.91 Å². The molecule has 0 saturated heterocycles. The van der Waals surface area contributed by atoms with Crippen LogP contribution in [0.2, 0.25) is 5.02 Å². The summed E-state index contributed by atoms with van der Waals surface area (Å²) < 4.78 is 25.2. The van der Waals surface area contributed by atoms with Gasteiger partial charge in [-0.3, -0.25) is 4.79 Å². The molecule has 0 bridgehead atoms. The minimum Gasteiger partial charge on any atom is -0.480 e. The number of amides is 1. The lowest BCUT2D eigenvalue weighted by molar-refractivity contribution is -0.140. The summed E-state index contributed by atoms with van der Waals surface area (Å²) >= 11 is 5.95. The summed E-state index contributed by atoms with van der Waals surface area (Å²) in [6.07, 6.45) is 0. The quantitative estimate of drug-likeness (QED) is 0.796. The first-order valence-corrected chi connectivity index (χ1v) is 8.56. The van der Waals surface area contributed by atoms with E-state index in [0.29, 0.717) is 0 Å². The number of hydrogen-bond acceptors (Lipinski definition) is 4. The van der Waals surface area contributed by atoms with Gasteiger partial charge in [-0.25, -0.2) is 17.5 Å². The lowest BCUT2D eigenvalue weighted by Crippen LogP contribution is -2.44. The molecule has 0 aliphatic heterocycles. The highest BCUT2D eigenvalue weighted by molar-refractivity contribution is 7.89. The van der Waals surface area contributed by atoms with Crippen molar-refractivity contribution in [2.24, 2.45) is 5.92 Å². The number of sulfonamides is 1. The van der Waals surface area contributed by atoms with Crippen molar-refractivity contribution in [2.45, 2.75) is 24.8 Å². The predicted octanol–water partition coefficient (Wildman–Crippen LogP) is 1.43. The maximum absolute atomic E-state index is 12.3. The third kappa shape index (κ3) is 4.43. The highest BCUT2D eigenvalue weighted by atomic mass is 35.5. The Bertz CT molecular complexity index is 716. The summed E-state index contributed by atoms with van der Waals surface area (Å²) in [7, 11) is -1.00. The van der Waals surface area contributed by atoms with Gasteiger partial charge in [-0.2, -0.15) is 0 Å². The minimum atomic E-state index is -3.73. The third-order valence-electron chi connectivity index (χ3n) is 3.18. The maximum atomic E-state index is 12.3. The average molecular weight is 363 g/mol. The molecule has 7 nitrogen and oxygen atoms in total. The molecule has 1 aromatic carbocycles. The number of carboxylic acid groups (broad SMARTS) is 1. The van der Waals surface area contributed by atoms with Crippen molar-refractivity contribution < 1.29 is 23.1 Å². The van der Waals surface area contributed by atoms with Gasteiger partial charge in [0.05, 0.1) is 15.5 Å². The molecular formula is C14H19ClN2O5S. The standard InChI is InChI=1S/C14H19ClN2O5S/c1-8(2)12(14(19)20)16-13(18)10-7-9(5-6-11(10)15)23(21,22)17(3)4/h5-8,12H,1-4H3,(H,16,18)(H,19,20). The van der Waals surface area contributed by atoms with Crippen molar-refractivity contribution in [1.29, 1.82) is 0 Å². The zero-order valence-corrected chi connectivity index (χ0v) is 14.8. The minimum absolute atomic E-state index is 0.0353. The van der Waals surface area contributed by atoms with Gasteiger partial charge in [-0.15, -0.1) is 0 Å². The summed E-state index contributed by atoms with van der Waals surface area (Å²) in [6, 6.07) is 2.60. The topological polar surface area (TPSA) is 104 Å². The predicted molar refractivity (Wildman–Crippen MR) is 86.1 cm³/mol. The molecule has 0 aromatic heterocycles. The van der Waals surface area contributed by atoms with Crippen LogP contribution in [0.4, 0.5) is 0 Å². The molecule has 0 heterocycles. The molecular weight excluding hydrogens is 344 g/mol. The highest BCUT2D eigenvalue weighted by Crippen LogP contribution is 2.22. The molecule has 0 aliphatic rings. The molecule has 1 amide bonds. The smallest absolute Gasteiger partial charge is 0.326 e. The summed E-state index contributed by atoms with van der Waals surface area (Å²) in [5.74, 6) is -2.27. The Kier molecular flexibility index (Phi) is 6.15. The zero-order chi connectivity index (χ0) is 17.9. The number of carbonyl (C=O) groups excluding carboxylic acids is 1. The highest BCUT2D eigenvalue weighted by Gasteiger charge is 2.26. The molecule has 1 unspecified atom stereocenters. The molecule has 0 spiro atoms. The van der Waals surface area contributed by atoms with E-state index in [1.807, 2.05) is 0 Å². The van der Waals surface area contributed by atoms with Crippen LogP contribution in [0.3, 0.4) is 0 Å². The van der Waals surface area contributed by atoms with Crippen molar-refractivity contribution in [3.63, 3.8) is 0 Å². The molecule has 0 fully saturated rings. The first-order valence-electron chi connectivity index (χ1n) is 6.74. The van der Waals surface area contributed by atoms with Gasteiger partial charge in [0.1, 0.15) is 6.04 Å². The largest absolute Gasteiger partial charge is 0.480 e. The second-order valence-electron chi connectivity index (χ2n) is 5.46. The first kappa shape index (κ1) is 19.4. The molecule has 0 radical (unpaired) electrons. The van der Waals surface area contributed by atoms with E-state index in [4.69, 9.17) is 16.7 Å². The molecule has 23 heavy (non-hydrogen) atoms. The van der Waals surface area contributed by atoms with E-state index in [9.17, 15) is 18.0 Å². The number of hydrogen-bond donors (Lipinski definition) is 2. The molecule has 9 heteroatoms. The van der Waals surface area contributed by atoms with Crippen LogP contribution in [0.25, 0.3) is 0 Å². The monoisotopic (exact) mass is 362 g/mol. The molecule has 0 aliphatic carbocycles. The fraction of sp³-hybridized carbons (Fsp3) is 0.429. The number of halogens is 1. The Labute approximate surface area is 140 Å². The van der Waals surface area contributed by atoms with E-state index in [0.717, 1.165) is 10.4 Å². The summed E-state index contributed by atoms with van der Waals surface area (Å²) in [6.45, 7) is 3.29. The SMILES string of the molecule is CC(C)C(NC(=O)c1cc(S(=O)(=O)N(C)C)ccc1Cl)C(=O)O. The molecule has 0 saturated carbocycles. The van der Waals surface area contributed by atoms with Gasteiger partial charge in [0.2, 0.25) is 10.0 Å². The van der Waals surface area contributed by atoms with E-state index >= 15 is 0 Å². The van der Waals surface area contributed by atoms with Crippen LogP contribution >= 0.6 is 11.6 Å². The van der Waals surface area contributed by atoms with E-state index in [1.54, 1.807) is 13.8 Å². The average Bonchev–Trinajstić information content (AvgIpc) is 2.43. The Morgan fingerprint density at radius 1 is 1.26 bits per heavy atom. The lowest BCUT2D eigenvalue weighted by Gasteiger charge is -2.19. The fourth-order valence-corrected chi connectivity index (χ4v) is 2.91. The fourth-order valence-electron chi connectivity index (χ4n) is 1.78. The Morgan fingerprint density at radius 2 is 1.83 bits per heavy atom. The second-order valence-corrected chi connectivity index (χ2v) is 8.02. The summed E-state index contributed by atoms with van der Waals surface area (Å²) in [5.41, 5.74) is -0.0958. The van der Waals surface area contributed by atoms with Crippen LogP contribution < -0.4 is 5.32 Å². The van der Waals surface area contributed by atoms with Gasteiger partial charge < -0.3 is 10.4 Å². The van der Waals surface area contributed by atoms with Crippen LogP contribution in [-0.4, -0.2) is 49.8 Å². The maximum Gasteiger partial charge on any atom is 0.326 e. The normalized spacial score (nSPS) is 13.2. The van der Waals surface area contributed by atoms with Gasteiger partial charge >= 0.3 is 5.97 Å². The Hall–Kier alpha value is -1.64. The summed E-state index contributed by atoms with van der Waals surface area (Å²) in [4.78, 5) is 23.3. The van der Waals surface area contributed by atoms with Crippen LogP contribution in [0, 0.1) is 5.92 Å². The van der Waals surface area contributed by atoms with E-state index in [1.165, 1.54) is 26.2 Å². The van der Waals surface area contributed by atoms with Gasteiger partial charge in [-0.1, -0.05) is 25.4 Å². The van der Waals surface area contributed by atoms with Gasteiger partial charge in [0, 0.05) is 14.1 Å². The van der Waals surface area contributed by atoms with E-state index in [-0.39, 0.29) is 21.4 Å². The lowest BCUT2D eigenvalue weighted by atomic mass is 10.0.